The van der Waals surface area contributed by atoms with E-state index < -0.39 is 0 Å². The zero-order valence-electron chi connectivity index (χ0n) is 15.5. The molecule has 1 fully saturated rings. The van der Waals surface area contributed by atoms with Crippen molar-refractivity contribution in [1.82, 2.24) is 10.2 Å². The predicted molar refractivity (Wildman–Crippen MR) is 91.9 cm³/mol. The first-order valence-corrected chi connectivity index (χ1v) is 8.88. The maximum Gasteiger partial charge on any atom is 0.0634 e. The van der Waals surface area contributed by atoms with Crippen molar-refractivity contribution in [2.75, 3.05) is 26.7 Å². The van der Waals surface area contributed by atoms with Gasteiger partial charge in [-0.3, -0.25) is 4.90 Å². The zero-order valence-corrected chi connectivity index (χ0v) is 15.5. The van der Waals surface area contributed by atoms with Crippen LogP contribution in [0, 0.1) is 0 Å². The molecule has 21 heavy (non-hydrogen) atoms. The fourth-order valence-electron chi connectivity index (χ4n) is 3.55. The predicted octanol–water partition coefficient (Wildman–Crippen LogP) is 3.82. The van der Waals surface area contributed by atoms with Crippen LogP contribution in [0.5, 0.6) is 0 Å². The Morgan fingerprint density at radius 3 is 2.05 bits per heavy atom. The van der Waals surface area contributed by atoms with E-state index >= 15 is 0 Å². The minimum absolute atomic E-state index is 0.0286. The van der Waals surface area contributed by atoms with Crippen molar-refractivity contribution >= 4 is 0 Å². The first kappa shape index (κ1) is 18.9. The third-order valence-electron chi connectivity index (χ3n) is 6.16. The molecule has 3 nitrogen and oxygen atoms in total. The van der Waals surface area contributed by atoms with E-state index in [4.69, 9.17) is 4.74 Å². The number of nitrogens with one attached hydrogen (secondary N) is 1. The maximum absolute atomic E-state index is 5.63. The van der Waals surface area contributed by atoms with E-state index in [-0.39, 0.29) is 5.60 Å². The second-order valence-corrected chi connectivity index (χ2v) is 7.41. The van der Waals surface area contributed by atoms with Gasteiger partial charge in [0.25, 0.3) is 0 Å². The number of hydrogen-bond acceptors (Lipinski definition) is 3. The van der Waals surface area contributed by atoms with E-state index in [1.54, 1.807) is 0 Å². The smallest absolute Gasteiger partial charge is 0.0634 e. The van der Waals surface area contributed by atoms with Crippen molar-refractivity contribution in [3.63, 3.8) is 0 Å². The Morgan fingerprint density at radius 2 is 1.62 bits per heavy atom. The van der Waals surface area contributed by atoms with Gasteiger partial charge < -0.3 is 10.1 Å². The van der Waals surface area contributed by atoms with Crippen molar-refractivity contribution in [2.45, 2.75) is 90.3 Å². The molecule has 0 aliphatic carbocycles. The van der Waals surface area contributed by atoms with Crippen molar-refractivity contribution in [3.05, 3.63) is 0 Å². The van der Waals surface area contributed by atoms with Crippen LogP contribution in [0.25, 0.3) is 0 Å². The first-order valence-electron chi connectivity index (χ1n) is 8.88. The SMILES string of the molecule is CCC1(CC)CN(CCC(C)(C)OC)C(CC)(CC)CN1. The molecule has 1 saturated heterocycles. The van der Waals surface area contributed by atoms with E-state index in [0.717, 1.165) is 19.5 Å². The van der Waals surface area contributed by atoms with Crippen LogP contribution in [-0.2, 0) is 4.74 Å². The van der Waals surface area contributed by atoms with E-state index in [1.807, 2.05) is 7.11 Å². The fourth-order valence-corrected chi connectivity index (χ4v) is 3.55. The number of rotatable bonds is 8. The Labute approximate surface area is 132 Å². The Balaban J connectivity index is 2.88. The zero-order chi connectivity index (χ0) is 16.1. The van der Waals surface area contributed by atoms with Crippen molar-refractivity contribution in [3.8, 4) is 0 Å². The summed E-state index contributed by atoms with van der Waals surface area (Å²) < 4.78 is 5.63. The second-order valence-electron chi connectivity index (χ2n) is 7.41. The summed E-state index contributed by atoms with van der Waals surface area (Å²) in [5, 5.41) is 3.89. The average Bonchev–Trinajstić information content (AvgIpc) is 2.52. The molecule has 1 aliphatic rings. The topological polar surface area (TPSA) is 24.5 Å². The van der Waals surface area contributed by atoms with Gasteiger partial charge in [0.05, 0.1) is 5.60 Å². The Kier molecular flexibility index (Phi) is 6.70. The summed E-state index contributed by atoms with van der Waals surface area (Å²) in [6, 6.07) is 0. The highest BCUT2D eigenvalue weighted by atomic mass is 16.5. The van der Waals surface area contributed by atoms with Crippen LogP contribution < -0.4 is 5.32 Å². The van der Waals surface area contributed by atoms with Gasteiger partial charge in [-0.15, -0.1) is 0 Å². The molecular formula is C18H38N2O. The molecule has 0 bridgehead atoms. The normalized spacial score (nSPS) is 22.4. The molecule has 0 atom stereocenters. The Hall–Kier alpha value is -0.120. The number of methoxy groups -OCH3 is 1. The van der Waals surface area contributed by atoms with Gasteiger partial charge in [-0.1, -0.05) is 27.7 Å². The minimum atomic E-state index is -0.0286. The van der Waals surface area contributed by atoms with E-state index in [1.165, 1.54) is 32.2 Å². The highest BCUT2D eigenvalue weighted by Gasteiger charge is 2.44. The Bertz CT molecular complexity index is 306. The highest BCUT2D eigenvalue weighted by molar-refractivity contribution is 5.04. The van der Waals surface area contributed by atoms with Crippen molar-refractivity contribution in [1.29, 1.82) is 0 Å². The first-order chi connectivity index (χ1) is 9.82. The lowest BCUT2D eigenvalue weighted by atomic mass is 9.80. The van der Waals surface area contributed by atoms with Crippen molar-refractivity contribution in [2.24, 2.45) is 0 Å². The third kappa shape index (κ3) is 4.20. The third-order valence-corrected chi connectivity index (χ3v) is 6.16. The number of hydrogen-bond donors (Lipinski definition) is 1. The molecule has 3 heteroatoms. The molecule has 0 aromatic rings. The summed E-state index contributed by atoms with van der Waals surface area (Å²) in [7, 11) is 1.83. The standard InChI is InChI=1S/C18H38N2O/c1-8-17(9-2)15-20(13-12-16(5,6)21-7)18(10-3,11-4)14-19-17/h19H,8-15H2,1-7H3. The summed E-state index contributed by atoms with van der Waals surface area (Å²) >= 11 is 0. The number of ether oxygens (including phenoxy) is 1. The molecule has 0 radical (unpaired) electrons. The van der Waals surface area contributed by atoms with Crippen LogP contribution in [0.4, 0.5) is 0 Å². The van der Waals surface area contributed by atoms with Gasteiger partial charge in [-0.05, 0) is 46.0 Å². The van der Waals surface area contributed by atoms with Gasteiger partial charge in [-0.25, -0.2) is 0 Å². The molecule has 1 heterocycles. The van der Waals surface area contributed by atoms with E-state index in [0.29, 0.717) is 11.1 Å². The molecule has 1 aliphatic heterocycles. The van der Waals surface area contributed by atoms with Crippen LogP contribution in [0.3, 0.4) is 0 Å². The monoisotopic (exact) mass is 298 g/mol. The number of piperazine rings is 1. The lowest BCUT2D eigenvalue weighted by Crippen LogP contribution is -2.69. The van der Waals surface area contributed by atoms with Crippen LogP contribution in [0.1, 0.15) is 73.6 Å². The van der Waals surface area contributed by atoms with E-state index in [9.17, 15) is 0 Å². The number of nitrogens with zero attached hydrogens (tertiary/aromatic N) is 1. The highest BCUT2D eigenvalue weighted by Crippen LogP contribution is 2.33. The fraction of sp³-hybridized carbons (Fsp3) is 1.00. The van der Waals surface area contributed by atoms with Gasteiger partial charge in [0, 0.05) is 37.8 Å². The molecule has 0 saturated carbocycles. The molecule has 0 spiro atoms. The summed E-state index contributed by atoms with van der Waals surface area (Å²) in [6.45, 7) is 17.1. The average molecular weight is 299 g/mol. The van der Waals surface area contributed by atoms with Crippen LogP contribution in [-0.4, -0.2) is 48.3 Å². The molecule has 1 rings (SSSR count). The van der Waals surface area contributed by atoms with Crippen LogP contribution in [0.15, 0.2) is 0 Å². The molecule has 0 aromatic heterocycles. The molecular weight excluding hydrogens is 260 g/mol. The molecule has 0 amide bonds. The summed E-state index contributed by atoms with van der Waals surface area (Å²) in [5.41, 5.74) is 0.585. The van der Waals surface area contributed by atoms with Crippen molar-refractivity contribution < 1.29 is 4.74 Å². The summed E-state index contributed by atoms with van der Waals surface area (Å²) in [6.07, 6.45) is 5.93. The second kappa shape index (κ2) is 7.43. The lowest BCUT2D eigenvalue weighted by Gasteiger charge is -2.55. The minimum Gasteiger partial charge on any atom is -0.379 e. The molecule has 0 aromatic carbocycles. The maximum atomic E-state index is 5.63. The van der Waals surface area contributed by atoms with Gasteiger partial charge in [-0.2, -0.15) is 0 Å². The van der Waals surface area contributed by atoms with Crippen LogP contribution in [0.2, 0.25) is 0 Å². The quantitative estimate of drug-likeness (QED) is 0.737. The summed E-state index contributed by atoms with van der Waals surface area (Å²) in [5.74, 6) is 0. The van der Waals surface area contributed by atoms with E-state index in [2.05, 4.69) is 51.8 Å². The summed E-state index contributed by atoms with van der Waals surface area (Å²) in [4.78, 5) is 2.76. The van der Waals surface area contributed by atoms with Gasteiger partial charge in [0.15, 0.2) is 0 Å². The van der Waals surface area contributed by atoms with Gasteiger partial charge in [0.2, 0.25) is 0 Å². The lowest BCUT2D eigenvalue weighted by molar-refractivity contribution is -0.0368. The Morgan fingerprint density at radius 1 is 1.05 bits per heavy atom. The van der Waals surface area contributed by atoms with Gasteiger partial charge in [0.1, 0.15) is 0 Å². The largest absolute Gasteiger partial charge is 0.379 e. The van der Waals surface area contributed by atoms with Crippen LogP contribution >= 0.6 is 0 Å². The molecule has 0 unspecified atom stereocenters. The molecule has 126 valence electrons. The van der Waals surface area contributed by atoms with Gasteiger partial charge >= 0.3 is 0 Å². The molecule has 1 N–H and O–H groups in total.